The van der Waals surface area contributed by atoms with Crippen molar-refractivity contribution in [3.05, 3.63) is 65.0 Å². The lowest BCUT2D eigenvalue weighted by Gasteiger charge is -2.63. The van der Waals surface area contributed by atoms with Gasteiger partial charge in [0.1, 0.15) is 17.2 Å². The summed E-state index contributed by atoms with van der Waals surface area (Å²) in [7, 11) is 4.00. The minimum atomic E-state index is -0.625. The van der Waals surface area contributed by atoms with Gasteiger partial charge in [0, 0.05) is 42.6 Å². The molecule has 3 aliphatic heterocycles. The maximum absolute atomic E-state index is 13.0. The smallest absolute Gasteiger partial charge is 0.343 e. The van der Waals surface area contributed by atoms with Crippen LogP contribution in [-0.4, -0.2) is 116 Å². The summed E-state index contributed by atoms with van der Waals surface area (Å²) in [4.78, 5) is 22.0. The molecule has 0 amide bonds. The van der Waals surface area contributed by atoms with E-state index in [1.54, 1.807) is 6.08 Å². The molecule has 0 bridgehead atoms. The second-order valence-corrected chi connectivity index (χ2v) is 14.5. The number of hydrogen-bond donors (Lipinski definition) is 3. The average molecular weight is 635 g/mol. The van der Waals surface area contributed by atoms with Crippen LogP contribution in [0.3, 0.4) is 0 Å². The second-order valence-electron chi connectivity index (χ2n) is 14.5. The number of nitrogens with zero attached hydrogens (tertiary/aromatic N) is 3. The number of nitrogens with two attached hydrogens (primary N) is 1. The number of morpholine rings is 1. The number of likely N-dealkylation sites (N-methyl/N-ethyl adjacent to an activating group) is 1. The van der Waals surface area contributed by atoms with E-state index in [1.807, 2.05) is 57.4 Å². The van der Waals surface area contributed by atoms with Gasteiger partial charge < -0.3 is 35.1 Å². The van der Waals surface area contributed by atoms with E-state index in [9.17, 15) is 15.0 Å². The Morgan fingerprint density at radius 1 is 1.20 bits per heavy atom. The molecule has 1 aromatic rings. The number of ether oxygens (including phenoxy) is 3. The molecule has 2 saturated carbocycles. The van der Waals surface area contributed by atoms with E-state index in [2.05, 4.69) is 27.8 Å². The number of epoxide rings is 1. The lowest BCUT2D eigenvalue weighted by Crippen LogP contribution is -2.67. The van der Waals surface area contributed by atoms with Crippen molar-refractivity contribution in [2.45, 2.75) is 50.9 Å². The number of aliphatic imine (C=N–C) groups is 1. The Hall–Kier alpha value is -2.86. The van der Waals surface area contributed by atoms with Gasteiger partial charge in [-0.25, -0.2) is 4.79 Å². The van der Waals surface area contributed by atoms with Crippen LogP contribution < -0.4 is 5.73 Å². The third-order valence-electron chi connectivity index (χ3n) is 11.4. The summed E-state index contributed by atoms with van der Waals surface area (Å²) < 4.78 is 17.8. The van der Waals surface area contributed by atoms with Crippen LogP contribution in [0.1, 0.15) is 44.2 Å². The number of allylic oxidation sites excluding steroid dienone is 1. The van der Waals surface area contributed by atoms with Gasteiger partial charge in [-0.3, -0.25) is 9.89 Å². The van der Waals surface area contributed by atoms with Gasteiger partial charge in [0.15, 0.2) is 0 Å². The van der Waals surface area contributed by atoms with E-state index in [0.717, 1.165) is 43.6 Å². The lowest BCUT2D eigenvalue weighted by atomic mass is 9.44. The van der Waals surface area contributed by atoms with Crippen LogP contribution >= 0.6 is 0 Å². The lowest BCUT2D eigenvalue weighted by molar-refractivity contribution is -0.186. The Balaban J connectivity index is 1.25. The number of cyclic esters (lactones) is 1. The Morgan fingerprint density at radius 3 is 2.57 bits per heavy atom. The Bertz CT molecular complexity index is 1410. The number of fused-ring (bicyclic) bond motifs is 1. The van der Waals surface area contributed by atoms with Crippen LogP contribution in [0, 0.1) is 22.7 Å². The molecule has 0 radical (unpaired) electrons. The fraction of sp³-hybridized carbons (Fsp3) is 0.611. The van der Waals surface area contributed by atoms with Crippen LogP contribution in [0.5, 0.6) is 0 Å². The SMILES string of the molecule is CN(C)CCN=C(N)c1ccc(C=C2C=C(C=CC3C4(CO4)C(N4CCOCC4)CC4[C@]3(C)CC[C@@H](O)[C@@]4(C)CO)C(=O)O2)cc1. The van der Waals surface area contributed by atoms with Gasteiger partial charge in [-0.2, -0.15) is 0 Å². The number of esters is 1. The van der Waals surface area contributed by atoms with Gasteiger partial charge >= 0.3 is 5.97 Å². The fourth-order valence-corrected chi connectivity index (χ4v) is 8.61. The number of rotatable bonds is 9. The molecule has 4 unspecified atom stereocenters. The Kier molecular flexibility index (Phi) is 9.32. The molecule has 2 saturated heterocycles. The van der Waals surface area contributed by atoms with Gasteiger partial charge in [-0.1, -0.05) is 50.3 Å². The van der Waals surface area contributed by atoms with E-state index in [1.165, 1.54) is 0 Å². The minimum Gasteiger partial charge on any atom is -0.423 e. The van der Waals surface area contributed by atoms with Gasteiger partial charge in [0.2, 0.25) is 0 Å². The second kappa shape index (κ2) is 13.0. The molecule has 4 fully saturated rings. The van der Waals surface area contributed by atoms with Crippen molar-refractivity contribution in [3.63, 3.8) is 0 Å². The average Bonchev–Trinajstić information content (AvgIpc) is 3.74. The summed E-state index contributed by atoms with van der Waals surface area (Å²) in [6.45, 7) is 9.40. The van der Waals surface area contributed by atoms with Crippen LogP contribution in [0.15, 0.2) is 58.8 Å². The third-order valence-corrected chi connectivity index (χ3v) is 11.4. The van der Waals surface area contributed by atoms with Crippen molar-refractivity contribution in [2.75, 3.05) is 66.7 Å². The fourth-order valence-electron chi connectivity index (χ4n) is 8.61. The maximum atomic E-state index is 13.0. The molecule has 7 atom stereocenters. The van der Waals surface area contributed by atoms with Crippen LogP contribution in [0.4, 0.5) is 0 Å². The number of benzene rings is 1. The van der Waals surface area contributed by atoms with Crippen LogP contribution in [0.2, 0.25) is 0 Å². The summed E-state index contributed by atoms with van der Waals surface area (Å²) in [6, 6.07) is 7.85. The first-order chi connectivity index (χ1) is 22.0. The quantitative estimate of drug-likeness (QED) is 0.162. The molecule has 1 aromatic carbocycles. The highest BCUT2D eigenvalue weighted by molar-refractivity contribution is 5.98. The highest BCUT2D eigenvalue weighted by atomic mass is 16.6. The summed E-state index contributed by atoms with van der Waals surface area (Å²) in [5, 5.41) is 21.8. The van der Waals surface area contributed by atoms with Crippen LogP contribution in [0.25, 0.3) is 6.08 Å². The molecule has 5 aliphatic rings. The number of aliphatic hydroxyl groups excluding tert-OH is 2. The molecule has 0 aromatic heterocycles. The first-order valence-corrected chi connectivity index (χ1v) is 16.6. The van der Waals surface area contributed by atoms with Crippen LogP contribution in [-0.2, 0) is 19.0 Å². The van der Waals surface area contributed by atoms with Gasteiger partial charge in [-0.05, 0) is 62.4 Å². The van der Waals surface area contributed by atoms with Crippen molar-refractivity contribution < 1.29 is 29.2 Å². The topological polar surface area (TPSA) is 133 Å². The molecule has 6 rings (SSSR count). The minimum absolute atomic E-state index is 0.0101. The van der Waals surface area contributed by atoms with E-state index in [-0.39, 0.29) is 41.5 Å². The van der Waals surface area contributed by atoms with E-state index < -0.39 is 11.5 Å². The van der Waals surface area contributed by atoms with E-state index >= 15 is 0 Å². The summed E-state index contributed by atoms with van der Waals surface area (Å²) in [5.41, 5.74) is 7.17. The molecular weight excluding hydrogens is 584 g/mol. The molecule has 10 nitrogen and oxygen atoms in total. The zero-order valence-electron chi connectivity index (χ0n) is 27.7. The number of aliphatic hydroxyl groups is 2. The number of carbonyl (C=O) groups excluding carboxylic acids is 1. The summed E-state index contributed by atoms with van der Waals surface area (Å²) in [5.74, 6) is 0.656. The molecule has 2 aliphatic carbocycles. The number of hydrogen-bond acceptors (Lipinski definition) is 9. The predicted molar refractivity (Wildman–Crippen MR) is 177 cm³/mol. The Morgan fingerprint density at radius 2 is 1.91 bits per heavy atom. The van der Waals surface area contributed by atoms with E-state index in [4.69, 9.17) is 19.9 Å². The molecule has 3 heterocycles. The number of carbonyl (C=O) groups is 1. The normalized spacial score (nSPS) is 37.6. The van der Waals surface area contributed by atoms with Crippen molar-refractivity contribution in [1.29, 1.82) is 0 Å². The monoisotopic (exact) mass is 634 g/mol. The van der Waals surface area contributed by atoms with Gasteiger partial charge in [-0.15, -0.1) is 0 Å². The molecular formula is C36H50N4O6. The van der Waals surface area contributed by atoms with Crippen molar-refractivity contribution in [3.8, 4) is 0 Å². The molecule has 46 heavy (non-hydrogen) atoms. The predicted octanol–water partition coefficient (Wildman–Crippen LogP) is 2.60. The highest BCUT2D eigenvalue weighted by Gasteiger charge is 2.71. The third kappa shape index (κ3) is 6.11. The first-order valence-electron chi connectivity index (χ1n) is 16.6. The summed E-state index contributed by atoms with van der Waals surface area (Å²) >= 11 is 0. The standard InChI is InChI=1S/C36H50N4O6/c1-34-12-11-31(42)35(2,22-41)29(34)21-30(40-15-17-44-18-16-40)36(23-45-36)28(34)10-9-26-20-27(46-33(26)43)19-24-5-7-25(8-6-24)32(37)38-13-14-39(3)4/h5-10,19-20,28-31,41-42H,11-18,21-23H2,1-4H3,(H2,37,38)/t28?,29?,30?,31-,34-,35+,36?/m1/s1. The molecule has 4 N–H and O–H groups in total. The molecule has 1 spiro atoms. The van der Waals surface area contributed by atoms with Crippen molar-refractivity contribution >= 4 is 17.9 Å². The van der Waals surface area contributed by atoms with E-state index in [0.29, 0.717) is 50.0 Å². The van der Waals surface area contributed by atoms with Gasteiger partial charge in [0.05, 0.1) is 44.6 Å². The van der Waals surface area contributed by atoms with Crippen molar-refractivity contribution in [2.24, 2.45) is 33.4 Å². The molecule has 250 valence electrons. The Labute approximate surface area is 272 Å². The maximum Gasteiger partial charge on any atom is 0.343 e. The zero-order valence-corrected chi connectivity index (χ0v) is 27.7. The highest BCUT2D eigenvalue weighted by Crippen LogP contribution is 2.66. The first kappa shape index (κ1) is 33.1. The largest absolute Gasteiger partial charge is 0.423 e. The van der Waals surface area contributed by atoms with Gasteiger partial charge in [0.25, 0.3) is 0 Å². The summed E-state index contributed by atoms with van der Waals surface area (Å²) in [6.07, 6.45) is 9.40. The zero-order chi connectivity index (χ0) is 32.7. The van der Waals surface area contributed by atoms with Crippen molar-refractivity contribution in [1.82, 2.24) is 9.80 Å². The number of amidine groups is 1. The molecule has 10 heteroatoms.